The summed E-state index contributed by atoms with van der Waals surface area (Å²) in [5.74, 6) is 0. The van der Waals surface area contributed by atoms with E-state index in [2.05, 4.69) is 9.97 Å². The first kappa shape index (κ1) is 30.6. The van der Waals surface area contributed by atoms with Crippen molar-refractivity contribution in [2.45, 2.75) is 0 Å². The summed E-state index contributed by atoms with van der Waals surface area (Å²) in [6.45, 7) is 0. The minimum absolute atomic E-state index is 0. The van der Waals surface area contributed by atoms with E-state index >= 15 is 0 Å². The Labute approximate surface area is 159 Å². The zero-order valence-electron chi connectivity index (χ0n) is 11.8. The number of hydrogen-bond acceptors (Lipinski definition) is 8. The molecule has 4 N–H and O–H groups in total. The molecule has 2 rings (SSSR count). The van der Waals surface area contributed by atoms with Gasteiger partial charge in [0.15, 0.2) is 0 Å². The molecule has 25 heavy (non-hydrogen) atoms. The molecule has 2 aromatic rings. The van der Waals surface area contributed by atoms with Gasteiger partial charge in [0.25, 0.3) is 0 Å². The fourth-order valence-corrected chi connectivity index (χ4v) is 1.41. The maximum atomic E-state index is 8.25. The third-order valence-corrected chi connectivity index (χ3v) is 2.18. The molecule has 0 aromatic carbocycles. The summed E-state index contributed by atoms with van der Waals surface area (Å²) in [5, 5.41) is 30.8. The molecule has 12 nitrogen and oxygen atoms in total. The maximum absolute atomic E-state index is 8.25. The van der Waals surface area contributed by atoms with E-state index in [-0.39, 0.29) is 27.4 Å². The quantitative estimate of drug-likeness (QED) is 0.354. The van der Waals surface area contributed by atoms with E-state index in [9.17, 15) is 0 Å². The van der Waals surface area contributed by atoms with E-state index in [4.69, 9.17) is 53.8 Å². The third-order valence-electron chi connectivity index (χ3n) is 1.71. The summed E-state index contributed by atoms with van der Waals surface area (Å²) in [5.41, 5.74) is 1.44. The van der Waals surface area contributed by atoms with Gasteiger partial charge in [-0.25, -0.2) is 0 Å². The molecule has 0 aliphatic carbocycles. The van der Waals surface area contributed by atoms with Crippen LogP contribution in [0.2, 0.25) is 10.0 Å². The average molecular weight is 444 g/mol. The molecular weight excluding hydrogens is 434 g/mol. The molecular formula is C10H10Cl2N4NiO8. The molecule has 0 saturated heterocycles. The predicted octanol–water partition coefficient (Wildman–Crippen LogP) is 1.32. The normalized spacial score (nSPS) is 7.60. The molecule has 0 spiro atoms. The van der Waals surface area contributed by atoms with E-state index in [0.29, 0.717) is 10.0 Å². The van der Waals surface area contributed by atoms with Crippen LogP contribution in [0.5, 0.6) is 0 Å². The average Bonchev–Trinajstić information content (AvgIpc) is 2.37. The number of hydrogen-bond donors (Lipinski definition) is 0. The molecule has 0 bridgehead atoms. The van der Waals surface area contributed by atoms with Crippen LogP contribution in [0.3, 0.4) is 0 Å². The molecule has 15 heteroatoms. The summed E-state index contributed by atoms with van der Waals surface area (Å²) < 4.78 is 0. The Balaban J connectivity index is -0.000000173. The van der Waals surface area contributed by atoms with Crippen LogP contribution in [-0.4, -0.2) is 31.1 Å². The number of rotatable bonds is 1. The maximum Gasteiger partial charge on any atom is 2.00 e. The van der Waals surface area contributed by atoms with Gasteiger partial charge in [0.1, 0.15) is 0 Å². The molecule has 0 unspecified atom stereocenters. The smallest absolute Gasteiger partial charge is 0.412 e. The van der Waals surface area contributed by atoms with E-state index in [1.807, 2.05) is 0 Å². The SMILES string of the molecule is Clc1ccnc(-c2cc(Cl)ccn2)c1.O.O.O=[N+]([O-])[O-].O=[N+]([O-])[O-].[Ni+2]. The molecule has 0 amide bonds. The molecule has 142 valence electrons. The zero-order valence-corrected chi connectivity index (χ0v) is 14.3. The topological polar surface area (TPSA) is 221 Å². The van der Waals surface area contributed by atoms with E-state index < -0.39 is 10.2 Å². The fourth-order valence-electron chi connectivity index (χ4n) is 1.09. The molecule has 0 fully saturated rings. The second kappa shape index (κ2) is 16.5. The Morgan fingerprint density at radius 1 is 0.760 bits per heavy atom. The third kappa shape index (κ3) is 17.9. The summed E-state index contributed by atoms with van der Waals surface area (Å²) in [7, 11) is 0. The van der Waals surface area contributed by atoms with Gasteiger partial charge < -0.3 is 41.6 Å². The van der Waals surface area contributed by atoms with Crippen molar-refractivity contribution in [3.63, 3.8) is 0 Å². The number of aromatic nitrogens is 2. The largest absolute Gasteiger partial charge is 2.00 e. The molecule has 2 aromatic heterocycles. The van der Waals surface area contributed by atoms with E-state index in [0.717, 1.165) is 11.4 Å². The Hall–Kier alpha value is -2.31. The van der Waals surface area contributed by atoms with Gasteiger partial charge in [0.05, 0.1) is 21.6 Å². The fraction of sp³-hybridized carbons (Fsp3) is 0. The minimum atomic E-state index is -1.75. The van der Waals surface area contributed by atoms with Crippen LogP contribution < -0.4 is 0 Å². The van der Waals surface area contributed by atoms with Crippen LogP contribution in [0, 0.1) is 30.6 Å². The van der Waals surface area contributed by atoms with Gasteiger partial charge >= 0.3 is 16.5 Å². The molecule has 0 saturated carbocycles. The Morgan fingerprint density at radius 2 is 1.00 bits per heavy atom. The van der Waals surface area contributed by atoms with Crippen LogP contribution in [-0.2, 0) is 16.5 Å². The van der Waals surface area contributed by atoms with Gasteiger partial charge in [0, 0.05) is 22.4 Å². The van der Waals surface area contributed by atoms with Crippen molar-refractivity contribution in [2.24, 2.45) is 0 Å². The van der Waals surface area contributed by atoms with E-state index in [1.165, 1.54) is 0 Å². The van der Waals surface area contributed by atoms with E-state index in [1.54, 1.807) is 36.7 Å². The van der Waals surface area contributed by atoms with Gasteiger partial charge in [-0.3, -0.25) is 9.97 Å². The standard InChI is InChI=1S/C10H6Cl2N2.2NO3.Ni.2H2O/c11-7-1-3-13-9(5-7)10-6-8(12)2-4-14-10;2*2-1(3)4;;;/h1-6H;;;;2*1H2/q;2*-1;+2;;. The van der Waals surface area contributed by atoms with Crippen LogP contribution in [0.15, 0.2) is 36.7 Å². The predicted molar refractivity (Wildman–Crippen MR) is 85.4 cm³/mol. The van der Waals surface area contributed by atoms with Crippen molar-refractivity contribution in [1.29, 1.82) is 0 Å². The van der Waals surface area contributed by atoms with Crippen molar-refractivity contribution in [1.82, 2.24) is 9.97 Å². The summed E-state index contributed by atoms with van der Waals surface area (Å²) in [4.78, 5) is 24.8. The van der Waals surface area contributed by atoms with Gasteiger partial charge in [-0.1, -0.05) is 23.2 Å². The second-order valence-corrected chi connectivity index (χ2v) is 4.04. The number of halogens is 2. The zero-order chi connectivity index (χ0) is 17.1. The van der Waals surface area contributed by atoms with Gasteiger partial charge in [-0.05, 0) is 24.3 Å². The summed E-state index contributed by atoms with van der Waals surface area (Å²) in [6, 6.07) is 6.94. The Kier molecular flexibility index (Phi) is 20.2. The van der Waals surface area contributed by atoms with Crippen LogP contribution >= 0.6 is 23.2 Å². The van der Waals surface area contributed by atoms with Crippen molar-refractivity contribution in [3.8, 4) is 11.4 Å². The molecule has 0 aliphatic rings. The Bertz CT molecular complexity index is 588. The number of pyridine rings is 2. The molecule has 0 atom stereocenters. The first-order valence-electron chi connectivity index (χ1n) is 5.09. The molecule has 0 radical (unpaired) electrons. The minimum Gasteiger partial charge on any atom is -0.412 e. The first-order chi connectivity index (χ1) is 10.2. The number of nitrogens with zero attached hydrogens (tertiary/aromatic N) is 4. The first-order valence-corrected chi connectivity index (χ1v) is 5.84. The summed E-state index contributed by atoms with van der Waals surface area (Å²) in [6.07, 6.45) is 3.28. The monoisotopic (exact) mass is 442 g/mol. The van der Waals surface area contributed by atoms with Gasteiger partial charge in [-0.2, -0.15) is 0 Å². The van der Waals surface area contributed by atoms with Gasteiger partial charge in [-0.15, -0.1) is 0 Å². The summed E-state index contributed by atoms with van der Waals surface area (Å²) >= 11 is 11.7. The van der Waals surface area contributed by atoms with Crippen LogP contribution in [0.4, 0.5) is 0 Å². The second-order valence-electron chi connectivity index (χ2n) is 3.17. The van der Waals surface area contributed by atoms with Crippen molar-refractivity contribution in [2.75, 3.05) is 0 Å². The van der Waals surface area contributed by atoms with Gasteiger partial charge in [0.2, 0.25) is 0 Å². The van der Waals surface area contributed by atoms with Crippen molar-refractivity contribution in [3.05, 3.63) is 77.3 Å². The van der Waals surface area contributed by atoms with Crippen molar-refractivity contribution >= 4 is 23.2 Å². The van der Waals surface area contributed by atoms with Crippen molar-refractivity contribution < 1.29 is 37.6 Å². The Morgan fingerprint density at radius 3 is 1.20 bits per heavy atom. The molecule has 0 aliphatic heterocycles. The molecule has 2 heterocycles. The van der Waals surface area contributed by atoms with Crippen LogP contribution in [0.1, 0.15) is 0 Å². The van der Waals surface area contributed by atoms with Crippen LogP contribution in [0.25, 0.3) is 11.4 Å².